The van der Waals surface area contributed by atoms with Gasteiger partial charge in [0.05, 0.1) is 19.3 Å². The molecule has 4 aliphatic rings. The molecule has 4 fully saturated rings. The van der Waals surface area contributed by atoms with Crippen molar-refractivity contribution in [2.75, 3.05) is 7.11 Å². The van der Waals surface area contributed by atoms with Gasteiger partial charge in [0.15, 0.2) is 0 Å². The van der Waals surface area contributed by atoms with Crippen LogP contribution in [0.2, 0.25) is 0 Å². The van der Waals surface area contributed by atoms with E-state index in [1.807, 2.05) is 0 Å². The first-order valence-corrected chi connectivity index (χ1v) is 12.1. The van der Waals surface area contributed by atoms with Crippen LogP contribution in [0.25, 0.3) is 0 Å². The Morgan fingerprint density at radius 3 is 2.60 bits per heavy atom. The van der Waals surface area contributed by atoms with Crippen molar-refractivity contribution < 1.29 is 24.5 Å². The lowest BCUT2D eigenvalue weighted by Gasteiger charge is -2.61. The number of hydrogen-bond donors (Lipinski definition) is 2. The Morgan fingerprint density at radius 1 is 1.17 bits per heavy atom. The molecule has 5 heteroatoms. The molecule has 30 heavy (non-hydrogen) atoms. The fraction of sp³-hybridized carbons (Fsp3) is 0.920. The normalized spacial score (nSPS) is 49.0. The Labute approximate surface area is 180 Å². The number of Topliss-reactive ketones (excluding diaryl/α,β-unsaturated/α-hetero) is 1. The summed E-state index contributed by atoms with van der Waals surface area (Å²) < 4.78 is 4.81. The molecular formula is C25H40O5. The van der Waals surface area contributed by atoms with Crippen molar-refractivity contribution in [3.05, 3.63) is 0 Å². The molecule has 0 radical (unpaired) electrons. The molecule has 5 nitrogen and oxygen atoms in total. The van der Waals surface area contributed by atoms with Gasteiger partial charge < -0.3 is 14.9 Å². The number of aliphatic hydroxyl groups is 2. The predicted molar refractivity (Wildman–Crippen MR) is 113 cm³/mol. The number of carbonyl (C=O) groups excluding carboxylic acids is 2. The van der Waals surface area contributed by atoms with E-state index in [2.05, 4.69) is 20.8 Å². The molecule has 4 rings (SSSR count). The highest BCUT2D eigenvalue weighted by Crippen LogP contribution is 2.67. The minimum atomic E-state index is -0.394. The topological polar surface area (TPSA) is 83.8 Å². The van der Waals surface area contributed by atoms with Crippen LogP contribution in [0.15, 0.2) is 0 Å². The monoisotopic (exact) mass is 420 g/mol. The van der Waals surface area contributed by atoms with Crippen LogP contribution in [-0.2, 0) is 14.3 Å². The SMILES string of the molecule is COC(=O)CC[C@H](C)[C@H]1CC[C@H]2[C@@H]3[C@H](O)C[C@@H]4C[C@H](O)CC[C@]4(C)[C@H]3CC(=O)[C@]12C. The minimum Gasteiger partial charge on any atom is -0.469 e. The molecule has 0 aromatic rings. The van der Waals surface area contributed by atoms with Crippen LogP contribution in [0.5, 0.6) is 0 Å². The van der Waals surface area contributed by atoms with Gasteiger partial charge in [0.25, 0.3) is 0 Å². The molecule has 0 aromatic carbocycles. The fourth-order valence-corrected chi connectivity index (χ4v) is 8.51. The Balaban J connectivity index is 1.59. The minimum absolute atomic E-state index is 0.0503. The number of ether oxygens (including phenoxy) is 1. The quantitative estimate of drug-likeness (QED) is 0.677. The molecule has 170 valence electrons. The summed E-state index contributed by atoms with van der Waals surface area (Å²) in [7, 11) is 1.42. The number of aliphatic hydroxyl groups excluding tert-OH is 2. The zero-order chi connectivity index (χ0) is 21.8. The Hall–Kier alpha value is -0.940. The van der Waals surface area contributed by atoms with Crippen LogP contribution in [0.4, 0.5) is 0 Å². The number of fused-ring (bicyclic) bond motifs is 5. The van der Waals surface area contributed by atoms with E-state index in [1.54, 1.807) is 0 Å². The Kier molecular flexibility index (Phi) is 5.85. The third kappa shape index (κ3) is 3.26. The zero-order valence-electron chi connectivity index (χ0n) is 19.1. The van der Waals surface area contributed by atoms with Gasteiger partial charge in [0, 0.05) is 18.3 Å². The van der Waals surface area contributed by atoms with Crippen molar-refractivity contribution in [1.29, 1.82) is 0 Å². The van der Waals surface area contributed by atoms with E-state index in [0.29, 0.717) is 24.5 Å². The summed E-state index contributed by atoms with van der Waals surface area (Å²) in [6.07, 6.45) is 6.39. The van der Waals surface area contributed by atoms with Crippen molar-refractivity contribution >= 4 is 11.8 Å². The predicted octanol–water partition coefficient (Wildman–Crippen LogP) is 3.75. The van der Waals surface area contributed by atoms with E-state index in [0.717, 1.165) is 44.9 Å². The highest BCUT2D eigenvalue weighted by atomic mass is 16.5. The number of ketones is 1. The van der Waals surface area contributed by atoms with Gasteiger partial charge in [-0.15, -0.1) is 0 Å². The number of hydrogen-bond acceptors (Lipinski definition) is 5. The molecule has 0 aliphatic heterocycles. The second kappa shape index (κ2) is 7.88. The van der Waals surface area contributed by atoms with Gasteiger partial charge in [-0.1, -0.05) is 20.8 Å². The second-order valence-corrected chi connectivity index (χ2v) is 11.4. The molecular weight excluding hydrogens is 380 g/mol. The number of esters is 1. The summed E-state index contributed by atoms with van der Waals surface area (Å²) in [6, 6.07) is 0. The van der Waals surface area contributed by atoms with Crippen LogP contribution in [0.3, 0.4) is 0 Å². The van der Waals surface area contributed by atoms with Crippen molar-refractivity contribution in [1.82, 2.24) is 0 Å². The Bertz CT molecular complexity index is 691. The zero-order valence-corrected chi connectivity index (χ0v) is 19.1. The number of carbonyl (C=O) groups is 2. The highest BCUT2D eigenvalue weighted by Gasteiger charge is 2.65. The summed E-state index contributed by atoms with van der Waals surface area (Å²) in [4.78, 5) is 25.4. The lowest BCUT2D eigenvalue weighted by Crippen LogP contribution is -2.61. The molecule has 4 aliphatic carbocycles. The average Bonchev–Trinajstić information content (AvgIpc) is 3.06. The lowest BCUT2D eigenvalue weighted by atomic mass is 9.43. The van der Waals surface area contributed by atoms with Crippen molar-refractivity contribution in [3.63, 3.8) is 0 Å². The largest absolute Gasteiger partial charge is 0.469 e. The van der Waals surface area contributed by atoms with Crippen molar-refractivity contribution in [2.24, 2.45) is 46.3 Å². The maximum atomic E-state index is 13.7. The van der Waals surface area contributed by atoms with Crippen LogP contribution >= 0.6 is 0 Å². The van der Waals surface area contributed by atoms with E-state index >= 15 is 0 Å². The van der Waals surface area contributed by atoms with Gasteiger partial charge in [0.1, 0.15) is 5.78 Å². The van der Waals surface area contributed by atoms with Gasteiger partial charge in [-0.2, -0.15) is 0 Å². The first-order valence-electron chi connectivity index (χ1n) is 12.1. The smallest absolute Gasteiger partial charge is 0.305 e. The van der Waals surface area contributed by atoms with E-state index in [1.165, 1.54) is 7.11 Å². The molecule has 0 heterocycles. The molecule has 0 unspecified atom stereocenters. The van der Waals surface area contributed by atoms with Crippen molar-refractivity contribution in [3.8, 4) is 0 Å². The Morgan fingerprint density at radius 2 is 1.90 bits per heavy atom. The molecule has 0 spiro atoms. The standard InChI is InChI=1S/C25H40O5/c1-14(5-8-22(29)30-4)17-6-7-18-23-19(13-21(28)25(17,18)3)24(2)10-9-16(26)11-15(24)12-20(23)27/h14-20,23,26-27H,5-13H2,1-4H3/t14-,15-,16+,17+,18-,19-,20+,23-,24-,25+/m0/s1. The summed E-state index contributed by atoms with van der Waals surface area (Å²) in [5, 5.41) is 21.5. The first-order chi connectivity index (χ1) is 14.1. The fourth-order valence-electron chi connectivity index (χ4n) is 8.51. The summed E-state index contributed by atoms with van der Waals surface area (Å²) >= 11 is 0. The van der Waals surface area contributed by atoms with Gasteiger partial charge >= 0.3 is 5.97 Å². The maximum Gasteiger partial charge on any atom is 0.305 e. The lowest BCUT2D eigenvalue weighted by molar-refractivity contribution is -0.181. The third-order valence-corrected chi connectivity index (χ3v) is 10.3. The third-order valence-electron chi connectivity index (χ3n) is 10.3. The maximum absolute atomic E-state index is 13.7. The van der Waals surface area contributed by atoms with Gasteiger partial charge in [-0.25, -0.2) is 0 Å². The van der Waals surface area contributed by atoms with E-state index in [-0.39, 0.29) is 53.2 Å². The summed E-state index contributed by atoms with van der Waals surface area (Å²) in [5.74, 6) is 1.70. The second-order valence-electron chi connectivity index (χ2n) is 11.4. The van der Waals surface area contributed by atoms with Crippen molar-refractivity contribution in [2.45, 2.75) is 90.8 Å². The van der Waals surface area contributed by atoms with Crippen LogP contribution in [0.1, 0.15) is 78.6 Å². The van der Waals surface area contributed by atoms with E-state index in [9.17, 15) is 19.8 Å². The molecule has 0 aromatic heterocycles. The van der Waals surface area contributed by atoms with E-state index in [4.69, 9.17) is 4.74 Å². The molecule has 0 amide bonds. The average molecular weight is 421 g/mol. The highest BCUT2D eigenvalue weighted by molar-refractivity contribution is 5.87. The van der Waals surface area contributed by atoms with Gasteiger partial charge in [-0.3, -0.25) is 9.59 Å². The molecule has 4 saturated carbocycles. The van der Waals surface area contributed by atoms with Crippen LogP contribution in [-0.4, -0.2) is 41.3 Å². The number of rotatable bonds is 4. The molecule has 0 saturated heterocycles. The summed E-state index contributed by atoms with van der Waals surface area (Å²) in [5.41, 5.74) is -0.343. The van der Waals surface area contributed by atoms with Crippen LogP contribution in [0, 0.1) is 46.3 Å². The summed E-state index contributed by atoms with van der Waals surface area (Å²) in [6.45, 7) is 6.67. The molecule has 0 bridgehead atoms. The van der Waals surface area contributed by atoms with Crippen LogP contribution < -0.4 is 0 Å². The van der Waals surface area contributed by atoms with E-state index < -0.39 is 5.41 Å². The molecule has 10 atom stereocenters. The number of methoxy groups -OCH3 is 1. The molecule has 2 N–H and O–H groups in total. The van der Waals surface area contributed by atoms with Gasteiger partial charge in [0.2, 0.25) is 0 Å². The first kappa shape index (κ1) is 22.3. The van der Waals surface area contributed by atoms with Gasteiger partial charge in [-0.05, 0) is 85.9 Å².